The number of aromatic nitrogens is 3. The van der Waals surface area contributed by atoms with Gasteiger partial charge in [-0.3, -0.25) is 4.57 Å². The Morgan fingerprint density at radius 2 is 2.20 bits per heavy atom. The number of nitrogens with zero attached hydrogens (tertiary/aromatic N) is 2. The highest BCUT2D eigenvalue weighted by Crippen LogP contribution is 2.31. The van der Waals surface area contributed by atoms with E-state index in [0.29, 0.717) is 15.5 Å². The van der Waals surface area contributed by atoms with Gasteiger partial charge in [0.15, 0.2) is 10.4 Å². The van der Waals surface area contributed by atoms with Crippen LogP contribution in [0.3, 0.4) is 0 Å². The Hall–Kier alpha value is -1.85. The first kappa shape index (κ1) is 13.1. The molecule has 1 aromatic carbocycles. The van der Waals surface area contributed by atoms with Gasteiger partial charge in [-0.2, -0.15) is 0 Å². The quantitative estimate of drug-likeness (QED) is 0.726. The fourth-order valence-corrected chi connectivity index (χ4v) is 2.60. The van der Waals surface area contributed by atoms with Gasteiger partial charge in [-0.1, -0.05) is 11.6 Å². The second-order valence-corrected chi connectivity index (χ2v) is 5.21. The van der Waals surface area contributed by atoms with Crippen LogP contribution in [0.15, 0.2) is 30.5 Å². The van der Waals surface area contributed by atoms with Crippen LogP contribution in [-0.4, -0.2) is 21.6 Å². The molecule has 0 unspecified atom stereocenters. The zero-order chi connectivity index (χ0) is 14.3. The van der Waals surface area contributed by atoms with E-state index in [4.69, 9.17) is 28.6 Å². The van der Waals surface area contributed by atoms with Gasteiger partial charge in [-0.15, -0.1) is 0 Å². The third kappa shape index (κ3) is 1.99. The molecule has 20 heavy (non-hydrogen) atoms. The molecule has 3 aromatic rings. The standard InChI is InChI=1S/C14H12ClN3OS/c1-8-6-11(12(19-2)7-9(8)15)18-13-10(17-14(18)20)4-3-5-16-13/h3-7H,1-2H3,(H,17,20). The van der Waals surface area contributed by atoms with Crippen molar-refractivity contribution in [2.24, 2.45) is 0 Å². The van der Waals surface area contributed by atoms with Crippen molar-refractivity contribution in [3.8, 4) is 11.4 Å². The molecule has 0 aliphatic heterocycles. The van der Waals surface area contributed by atoms with E-state index in [1.54, 1.807) is 19.4 Å². The summed E-state index contributed by atoms with van der Waals surface area (Å²) >= 11 is 11.5. The van der Waals surface area contributed by atoms with Crippen LogP contribution in [0.4, 0.5) is 0 Å². The summed E-state index contributed by atoms with van der Waals surface area (Å²) in [6.07, 6.45) is 1.73. The largest absolute Gasteiger partial charge is 0.495 e. The first-order valence-electron chi connectivity index (χ1n) is 6.02. The van der Waals surface area contributed by atoms with Crippen molar-refractivity contribution in [2.45, 2.75) is 6.92 Å². The number of methoxy groups -OCH3 is 1. The molecule has 0 aliphatic carbocycles. The van der Waals surface area contributed by atoms with Crippen molar-refractivity contribution in [2.75, 3.05) is 7.11 Å². The molecule has 0 fully saturated rings. The number of fused-ring (bicyclic) bond motifs is 1. The Kier molecular flexibility index (Phi) is 3.23. The smallest absolute Gasteiger partial charge is 0.184 e. The van der Waals surface area contributed by atoms with Gasteiger partial charge in [0.2, 0.25) is 0 Å². The van der Waals surface area contributed by atoms with Gasteiger partial charge >= 0.3 is 0 Å². The molecule has 0 atom stereocenters. The zero-order valence-electron chi connectivity index (χ0n) is 11.0. The number of rotatable bonds is 2. The lowest BCUT2D eigenvalue weighted by atomic mass is 10.2. The zero-order valence-corrected chi connectivity index (χ0v) is 12.5. The predicted molar refractivity (Wildman–Crippen MR) is 82.6 cm³/mol. The first-order valence-corrected chi connectivity index (χ1v) is 6.80. The molecule has 0 saturated heterocycles. The molecule has 1 N–H and O–H groups in total. The highest BCUT2D eigenvalue weighted by atomic mass is 35.5. The monoisotopic (exact) mass is 305 g/mol. The minimum absolute atomic E-state index is 0.568. The molecule has 0 spiro atoms. The minimum Gasteiger partial charge on any atom is -0.495 e. The Balaban J connectivity index is 2.39. The van der Waals surface area contributed by atoms with E-state index in [2.05, 4.69) is 9.97 Å². The van der Waals surface area contributed by atoms with E-state index in [0.717, 1.165) is 22.4 Å². The number of halogens is 1. The summed E-state index contributed by atoms with van der Waals surface area (Å²) in [5.74, 6) is 0.656. The SMILES string of the molecule is COc1cc(Cl)c(C)cc1-n1c(=S)[nH]c2cccnc21. The molecule has 6 heteroatoms. The molecule has 0 bridgehead atoms. The summed E-state index contributed by atoms with van der Waals surface area (Å²) in [4.78, 5) is 7.52. The van der Waals surface area contributed by atoms with Crippen molar-refractivity contribution in [3.05, 3.63) is 45.8 Å². The highest BCUT2D eigenvalue weighted by Gasteiger charge is 2.13. The number of imidazole rings is 1. The number of hydrogen-bond acceptors (Lipinski definition) is 3. The van der Waals surface area contributed by atoms with Gasteiger partial charge in [-0.05, 0) is 42.9 Å². The van der Waals surface area contributed by atoms with E-state index in [1.807, 2.05) is 29.7 Å². The number of benzene rings is 1. The fourth-order valence-electron chi connectivity index (χ4n) is 2.15. The molecule has 2 heterocycles. The van der Waals surface area contributed by atoms with Crippen molar-refractivity contribution in [1.82, 2.24) is 14.5 Å². The summed E-state index contributed by atoms with van der Waals surface area (Å²) in [6.45, 7) is 1.94. The maximum atomic E-state index is 6.15. The molecule has 0 radical (unpaired) electrons. The Bertz CT molecular complexity index is 853. The number of aryl methyl sites for hydroxylation is 1. The van der Waals surface area contributed by atoms with Crippen LogP contribution in [0.5, 0.6) is 5.75 Å². The van der Waals surface area contributed by atoms with E-state index in [-0.39, 0.29) is 0 Å². The molecule has 102 valence electrons. The summed E-state index contributed by atoms with van der Waals surface area (Å²) in [5, 5.41) is 0.657. The van der Waals surface area contributed by atoms with Crippen molar-refractivity contribution >= 4 is 35.0 Å². The fraction of sp³-hybridized carbons (Fsp3) is 0.143. The molecule has 2 aromatic heterocycles. The molecular formula is C14H12ClN3OS. The molecule has 0 aliphatic rings. The predicted octanol–water partition coefficient (Wildman–Crippen LogP) is 4.05. The second kappa shape index (κ2) is 4.92. The Morgan fingerprint density at radius 3 is 2.95 bits per heavy atom. The van der Waals surface area contributed by atoms with E-state index < -0.39 is 0 Å². The average molecular weight is 306 g/mol. The van der Waals surface area contributed by atoms with Crippen LogP contribution in [0, 0.1) is 11.7 Å². The van der Waals surface area contributed by atoms with Gasteiger partial charge in [0, 0.05) is 17.3 Å². The topological polar surface area (TPSA) is 42.8 Å². The van der Waals surface area contributed by atoms with Crippen LogP contribution >= 0.6 is 23.8 Å². The maximum absolute atomic E-state index is 6.15. The molecule has 0 amide bonds. The average Bonchev–Trinajstić information content (AvgIpc) is 2.77. The molecule has 3 rings (SSSR count). The third-order valence-corrected chi connectivity index (χ3v) is 3.84. The molecule has 0 saturated carbocycles. The number of ether oxygens (including phenoxy) is 1. The van der Waals surface area contributed by atoms with Crippen LogP contribution in [-0.2, 0) is 0 Å². The number of nitrogens with one attached hydrogen (secondary N) is 1. The van der Waals surface area contributed by atoms with Crippen LogP contribution in [0.2, 0.25) is 5.02 Å². The summed E-state index contributed by atoms with van der Waals surface area (Å²) in [5.41, 5.74) is 3.42. The number of aromatic amines is 1. The lowest BCUT2D eigenvalue weighted by Crippen LogP contribution is -2.00. The molecule has 4 nitrogen and oxygen atoms in total. The number of hydrogen-bond donors (Lipinski definition) is 1. The minimum atomic E-state index is 0.568. The van der Waals surface area contributed by atoms with Gasteiger partial charge < -0.3 is 9.72 Å². The van der Waals surface area contributed by atoms with E-state index in [9.17, 15) is 0 Å². The number of pyridine rings is 1. The van der Waals surface area contributed by atoms with Crippen molar-refractivity contribution < 1.29 is 4.74 Å². The summed E-state index contributed by atoms with van der Waals surface area (Å²) in [7, 11) is 1.61. The summed E-state index contributed by atoms with van der Waals surface area (Å²) < 4.78 is 7.84. The van der Waals surface area contributed by atoms with E-state index >= 15 is 0 Å². The lowest BCUT2D eigenvalue weighted by molar-refractivity contribution is 0.413. The van der Waals surface area contributed by atoms with Crippen molar-refractivity contribution in [3.63, 3.8) is 0 Å². The molecular weight excluding hydrogens is 294 g/mol. The van der Waals surface area contributed by atoms with Crippen LogP contribution < -0.4 is 4.74 Å². The van der Waals surface area contributed by atoms with Gasteiger partial charge in [0.1, 0.15) is 5.75 Å². The Labute approximate surface area is 126 Å². The first-order chi connectivity index (χ1) is 9.61. The van der Waals surface area contributed by atoms with Gasteiger partial charge in [0.05, 0.1) is 18.3 Å². The summed E-state index contributed by atoms with van der Waals surface area (Å²) in [6, 6.07) is 7.53. The highest BCUT2D eigenvalue weighted by molar-refractivity contribution is 7.71. The van der Waals surface area contributed by atoms with E-state index in [1.165, 1.54) is 0 Å². The second-order valence-electron chi connectivity index (χ2n) is 4.41. The number of H-pyrrole nitrogens is 1. The van der Waals surface area contributed by atoms with Crippen LogP contribution in [0.25, 0.3) is 16.9 Å². The van der Waals surface area contributed by atoms with Gasteiger partial charge in [-0.25, -0.2) is 4.98 Å². The maximum Gasteiger partial charge on any atom is 0.184 e. The van der Waals surface area contributed by atoms with Crippen LogP contribution in [0.1, 0.15) is 5.56 Å². The normalized spacial score (nSPS) is 10.9. The van der Waals surface area contributed by atoms with Gasteiger partial charge in [0.25, 0.3) is 0 Å². The lowest BCUT2D eigenvalue weighted by Gasteiger charge is -2.12. The third-order valence-electron chi connectivity index (χ3n) is 3.14. The Morgan fingerprint density at radius 1 is 1.40 bits per heavy atom. The van der Waals surface area contributed by atoms with Crippen molar-refractivity contribution in [1.29, 1.82) is 0 Å².